The molecule has 3 nitrogen and oxygen atoms in total. The van der Waals surface area contributed by atoms with Crippen molar-refractivity contribution in [2.75, 3.05) is 11.9 Å². The molecule has 1 fully saturated rings. The van der Waals surface area contributed by atoms with Crippen molar-refractivity contribution in [2.24, 2.45) is 5.92 Å². The van der Waals surface area contributed by atoms with Gasteiger partial charge in [-0.3, -0.25) is 9.59 Å². The number of hydrogen-bond acceptors (Lipinski definition) is 2. The van der Waals surface area contributed by atoms with E-state index in [9.17, 15) is 9.59 Å². The van der Waals surface area contributed by atoms with Crippen LogP contribution in [0.15, 0.2) is 23.9 Å². The fourth-order valence-corrected chi connectivity index (χ4v) is 2.21. The number of Topliss-reactive ketones (excluding diaryl/α,β-unsaturated/α-hetero) is 1. The van der Waals surface area contributed by atoms with Crippen LogP contribution in [0.2, 0.25) is 0 Å². The molecule has 1 atom stereocenters. The molecule has 0 spiro atoms. The van der Waals surface area contributed by atoms with E-state index >= 15 is 0 Å². The predicted molar refractivity (Wildman–Crippen MR) is 55.8 cm³/mol. The van der Waals surface area contributed by atoms with Crippen LogP contribution in [0.4, 0.5) is 0 Å². The molecular formula is C10H10BrNO2. The Balaban J connectivity index is 2.32. The lowest BCUT2D eigenvalue weighted by Crippen LogP contribution is -2.28. The standard InChI is InChI=1S/C10H10BrNO2/c11-5-6-12-8-4-2-1-3-7(8)9(13)10(12)14/h1-2,4,7H,3,5-6H2. The van der Waals surface area contributed by atoms with E-state index in [1.807, 2.05) is 18.2 Å². The molecule has 1 amide bonds. The summed E-state index contributed by atoms with van der Waals surface area (Å²) in [6, 6.07) is 0. The average Bonchev–Trinajstić information content (AvgIpc) is 2.45. The van der Waals surface area contributed by atoms with Crippen molar-refractivity contribution >= 4 is 27.6 Å². The van der Waals surface area contributed by atoms with Crippen LogP contribution >= 0.6 is 15.9 Å². The molecule has 0 aromatic heterocycles. The van der Waals surface area contributed by atoms with Crippen molar-refractivity contribution in [1.82, 2.24) is 4.90 Å². The summed E-state index contributed by atoms with van der Waals surface area (Å²) < 4.78 is 0. The van der Waals surface area contributed by atoms with Gasteiger partial charge in [0.15, 0.2) is 0 Å². The van der Waals surface area contributed by atoms with Crippen LogP contribution in [0.25, 0.3) is 0 Å². The van der Waals surface area contributed by atoms with Crippen LogP contribution in [-0.2, 0) is 9.59 Å². The number of hydrogen-bond donors (Lipinski definition) is 0. The zero-order valence-corrected chi connectivity index (χ0v) is 9.16. The van der Waals surface area contributed by atoms with Gasteiger partial charge in [-0.2, -0.15) is 0 Å². The summed E-state index contributed by atoms with van der Waals surface area (Å²) in [5.74, 6) is -0.836. The van der Waals surface area contributed by atoms with Crippen molar-refractivity contribution in [3.8, 4) is 0 Å². The summed E-state index contributed by atoms with van der Waals surface area (Å²) in [4.78, 5) is 24.7. The highest BCUT2D eigenvalue weighted by atomic mass is 79.9. The van der Waals surface area contributed by atoms with Gasteiger partial charge in [0.1, 0.15) is 0 Å². The Labute approximate surface area is 90.6 Å². The average molecular weight is 256 g/mol. The van der Waals surface area contributed by atoms with Crippen molar-refractivity contribution < 1.29 is 9.59 Å². The molecule has 74 valence electrons. The maximum Gasteiger partial charge on any atom is 0.294 e. The lowest BCUT2D eigenvalue weighted by atomic mass is 9.96. The molecule has 1 saturated heterocycles. The lowest BCUT2D eigenvalue weighted by Gasteiger charge is -2.18. The van der Waals surface area contributed by atoms with Crippen molar-refractivity contribution in [2.45, 2.75) is 6.42 Å². The van der Waals surface area contributed by atoms with E-state index in [0.29, 0.717) is 18.3 Å². The van der Waals surface area contributed by atoms with Crippen LogP contribution in [-0.4, -0.2) is 28.5 Å². The van der Waals surface area contributed by atoms with Crippen LogP contribution in [0.1, 0.15) is 6.42 Å². The molecule has 14 heavy (non-hydrogen) atoms. The Kier molecular flexibility index (Phi) is 2.54. The summed E-state index contributed by atoms with van der Waals surface area (Å²) in [6.07, 6.45) is 6.35. The SMILES string of the molecule is O=C1C(=O)N(CCBr)C2=CC=CCC12. The molecule has 0 aromatic carbocycles. The second kappa shape index (κ2) is 3.69. The molecule has 0 radical (unpaired) electrons. The van der Waals surface area contributed by atoms with Crippen molar-refractivity contribution in [3.05, 3.63) is 23.9 Å². The normalized spacial score (nSPS) is 25.4. The topological polar surface area (TPSA) is 37.4 Å². The third-order valence-corrected chi connectivity index (χ3v) is 2.88. The fraction of sp³-hybridized carbons (Fsp3) is 0.400. The maximum atomic E-state index is 11.5. The quantitative estimate of drug-likeness (QED) is 0.551. The molecule has 4 heteroatoms. The van der Waals surface area contributed by atoms with Gasteiger partial charge in [0.05, 0.1) is 5.92 Å². The highest BCUT2D eigenvalue weighted by molar-refractivity contribution is 9.09. The summed E-state index contributed by atoms with van der Waals surface area (Å²) in [7, 11) is 0. The van der Waals surface area contributed by atoms with Gasteiger partial charge in [0.25, 0.3) is 5.91 Å². The van der Waals surface area contributed by atoms with Crippen molar-refractivity contribution in [1.29, 1.82) is 0 Å². The summed E-state index contributed by atoms with van der Waals surface area (Å²) in [5, 5.41) is 0.694. The lowest BCUT2D eigenvalue weighted by molar-refractivity contribution is -0.140. The number of ketones is 1. The van der Waals surface area contributed by atoms with E-state index in [2.05, 4.69) is 15.9 Å². The molecule has 2 rings (SSSR count). The number of nitrogens with zero attached hydrogens (tertiary/aromatic N) is 1. The Bertz CT molecular complexity index is 346. The maximum absolute atomic E-state index is 11.5. The molecule has 1 heterocycles. The number of rotatable bonds is 2. The number of fused-ring (bicyclic) bond motifs is 1. The van der Waals surface area contributed by atoms with E-state index in [1.165, 1.54) is 0 Å². The van der Waals surface area contributed by atoms with Gasteiger partial charge in [-0.05, 0) is 12.5 Å². The smallest absolute Gasteiger partial charge is 0.294 e. The summed E-state index contributed by atoms with van der Waals surface area (Å²) >= 11 is 3.27. The van der Waals surface area contributed by atoms with E-state index in [0.717, 1.165) is 5.70 Å². The Morgan fingerprint density at radius 1 is 1.50 bits per heavy atom. The highest BCUT2D eigenvalue weighted by Crippen LogP contribution is 2.31. The summed E-state index contributed by atoms with van der Waals surface area (Å²) in [5.41, 5.74) is 0.863. The minimum absolute atomic E-state index is 0.216. The van der Waals surface area contributed by atoms with Gasteiger partial charge >= 0.3 is 0 Å². The molecule has 0 N–H and O–H groups in total. The second-order valence-electron chi connectivity index (χ2n) is 3.32. The van der Waals surface area contributed by atoms with Gasteiger partial charge in [-0.15, -0.1) is 0 Å². The summed E-state index contributed by atoms with van der Waals surface area (Å²) in [6.45, 7) is 0.570. The predicted octanol–water partition coefficient (Wildman–Crippen LogP) is 1.25. The van der Waals surface area contributed by atoms with Gasteiger partial charge in [0.2, 0.25) is 5.78 Å². The number of allylic oxidation sites excluding steroid dienone is 4. The van der Waals surface area contributed by atoms with Gasteiger partial charge in [0, 0.05) is 17.6 Å². The molecule has 0 saturated carbocycles. The van der Waals surface area contributed by atoms with Gasteiger partial charge in [-0.25, -0.2) is 0 Å². The van der Waals surface area contributed by atoms with E-state index < -0.39 is 0 Å². The minimum Gasteiger partial charge on any atom is -0.308 e. The number of likely N-dealkylation sites (tertiary alicyclic amines) is 1. The Morgan fingerprint density at radius 2 is 2.29 bits per heavy atom. The Hall–Kier alpha value is -0.900. The third kappa shape index (κ3) is 1.34. The molecule has 1 unspecified atom stereocenters. The third-order valence-electron chi connectivity index (χ3n) is 2.52. The largest absolute Gasteiger partial charge is 0.308 e. The first-order valence-corrected chi connectivity index (χ1v) is 5.66. The van der Waals surface area contributed by atoms with Crippen LogP contribution in [0.3, 0.4) is 0 Å². The van der Waals surface area contributed by atoms with E-state index in [1.54, 1.807) is 4.90 Å². The molecule has 0 bridgehead atoms. The number of amides is 1. The Morgan fingerprint density at radius 3 is 3.00 bits per heavy atom. The minimum atomic E-state index is -0.357. The van der Waals surface area contributed by atoms with Crippen LogP contribution in [0.5, 0.6) is 0 Å². The van der Waals surface area contributed by atoms with Gasteiger partial charge in [-0.1, -0.05) is 28.1 Å². The van der Waals surface area contributed by atoms with Crippen molar-refractivity contribution in [3.63, 3.8) is 0 Å². The molecule has 1 aliphatic carbocycles. The number of carbonyl (C=O) groups is 2. The zero-order valence-electron chi connectivity index (χ0n) is 7.57. The molecular weight excluding hydrogens is 246 g/mol. The second-order valence-corrected chi connectivity index (χ2v) is 4.11. The monoisotopic (exact) mass is 255 g/mol. The number of carbonyl (C=O) groups excluding carboxylic acids is 2. The number of halogens is 1. The first-order chi connectivity index (χ1) is 6.75. The van der Waals surface area contributed by atoms with Crippen LogP contribution < -0.4 is 0 Å². The highest BCUT2D eigenvalue weighted by Gasteiger charge is 2.42. The molecule has 2 aliphatic rings. The zero-order chi connectivity index (χ0) is 10.1. The number of alkyl halides is 1. The first-order valence-electron chi connectivity index (χ1n) is 4.54. The van der Waals surface area contributed by atoms with Gasteiger partial charge < -0.3 is 4.90 Å². The van der Waals surface area contributed by atoms with Crippen LogP contribution in [0, 0.1) is 5.92 Å². The molecule has 1 aliphatic heterocycles. The first kappa shape index (κ1) is 9.65. The van der Waals surface area contributed by atoms with E-state index in [4.69, 9.17) is 0 Å². The van der Waals surface area contributed by atoms with E-state index in [-0.39, 0.29) is 17.6 Å². The fourth-order valence-electron chi connectivity index (χ4n) is 1.85. The molecule has 0 aromatic rings.